The van der Waals surface area contributed by atoms with Gasteiger partial charge in [0.25, 0.3) is 0 Å². The number of rotatable bonds is 6. The lowest BCUT2D eigenvalue weighted by molar-refractivity contribution is 0.410. The molecule has 0 spiro atoms. The topological polar surface area (TPSA) is 47.0 Å². The maximum atomic E-state index is 5.43. The van der Waals surface area contributed by atoms with E-state index >= 15 is 0 Å². The van der Waals surface area contributed by atoms with Crippen molar-refractivity contribution in [3.63, 3.8) is 0 Å². The fourth-order valence-electron chi connectivity index (χ4n) is 2.95. The van der Waals surface area contributed by atoms with E-state index in [1.807, 2.05) is 53.9 Å². The first kappa shape index (κ1) is 16.5. The van der Waals surface area contributed by atoms with Crippen LogP contribution in [0.15, 0.2) is 66.0 Å². The normalized spacial score (nSPS) is 10.8. The lowest BCUT2D eigenvalue weighted by Crippen LogP contribution is -2.08. The molecule has 5 heteroatoms. The standard InChI is InChI=1S/C21H19N3OS/c1-25-18-10-5-2-7-15(18)12-13-22-20-16-8-3-4-9-17(16)23-21(24-20)19-11-6-14-26-19/h2-11,14H,12-13H2,1H3,(H,22,23,24). The van der Waals surface area contributed by atoms with Crippen molar-refractivity contribution >= 4 is 28.1 Å². The van der Waals surface area contributed by atoms with E-state index < -0.39 is 0 Å². The molecule has 0 fully saturated rings. The highest BCUT2D eigenvalue weighted by atomic mass is 32.1. The summed E-state index contributed by atoms with van der Waals surface area (Å²) in [6.45, 7) is 0.769. The maximum absolute atomic E-state index is 5.43. The van der Waals surface area contributed by atoms with Gasteiger partial charge >= 0.3 is 0 Å². The zero-order valence-corrected chi connectivity index (χ0v) is 15.3. The lowest BCUT2D eigenvalue weighted by atomic mass is 10.1. The SMILES string of the molecule is COc1ccccc1CCNc1nc(-c2cccs2)nc2ccccc12. The second-order valence-corrected chi connectivity index (χ2v) is 6.83. The molecule has 0 saturated heterocycles. The van der Waals surface area contributed by atoms with Gasteiger partial charge in [-0.2, -0.15) is 0 Å². The van der Waals surface area contributed by atoms with Crippen molar-refractivity contribution in [3.8, 4) is 16.5 Å². The molecule has 0 atom stereocenters. The minimum absolute atomic E-state index is 0.762. The first-order valence-corrected chi connectivity index (χ1v) is 9.39. The number of methoxy groups -OCH3 is 1. The third kappa shape index (κ3) is 3.39. The van der Waals surface area contributed by atoms with Crippen molar-refractivity contribution in [1.82, 2.24) is 9.97 Å². The summed E-state index contributed by atoms with van der Waals surface area (Å²) >= 11 is 1.65. The van der Waals surface area contributed by atoms with Crippen LogP contribution in [0.3, 0.4) is 0 Å². The van der Waals surface area contributed by atoms with Gasteiger partial charge in [0.15, 0.2) is 5.82 Å². The first-order valence-electron chi connectivity index (χ1n) is 8.51. The molecule has 2 heterocycles. The minimum Gasteiger partial charge on any atom is -0.496 e. The van der Waals surface area contributed by atoms with Crippen LogP contribution in [-0.4, -0.2) is 23.6 Å². The molecule has 4 rings (SSSR count). The Bertz CT molecular complexity index is 1010. The summed E-state index contributed by atoms with van der Waals surface area (Å²) in [5, 5.41) is 6.57. The molecule has 0 radical (unpaired) electrons. The number of hydrogen-bond acceptors (Lipinski definition) is 5. The quantitative estimate of drug-likeness (QED) is 0.524. The number of nitrogens with one attached hydrogen (secondary N) is 1. The molecule has 26 heavy (non-hydrogen) atoms. The van der Waals surface area contributed by atoms with Gasteiger partial charge in [-0.15, -0.1) is 11.3 Å². The Kier molecular flexibility index (Phi) is 4.80. The molecule has 0 amide bonds. The fraction of sp³-hybridized carbons (Fsp3) is 0.143. The molecule has 130 valence electrons. The molecule has 4 aromatic rings. The van der Waals surface area contributed by atoms with Crippen LogP contribution in [0.1, 0.15) is 5.56 Å². The van der Waals surface area contributed by atoms with Crippen LogP contribution in [0.5, 0.6) is 5.75 Å². The number of aromatic nitrogens is 2. The summed E-state index contributed by atoms with van der Waals surface area (Å²) in [6, 6.07) is 20.3. The largest absolute Gasteiger partial charge is 0.496 e. The number of benzene rings is 2. The molecule has 2 aromatic carbocycles. The highest BCUT2D eigenvalue weighted by Gasteiger charge is 2.10. The van der Waals surface area contributed by atoms with E-state index in [-0.39, 0.29) is 0 Å². The molecule has 0 aliphatic heterocycles. The van der Waals surface area contributed by atoms with Gasteiger partial charge < -0.3 is 10.1 Å². The molecule has 1 N–H and O–H groups in total. The van der Waals surface area contributed by atoms with Crippen molar-refractivity contribution in [1.29, 1.82) is 0 Å². The zero-order valence-electron chi connectivity index (χ0n) is 14.5. The van der Waals surface area contributed by atoms with E-state index in [1.165, 1.54) is 5.56 Å². The van der Waals surface area contributed by atoms with Crippen LogP contribution in [0.25, 0.3) is 21.6 Å². The zero-order chi connectivity index (χ0) is 17.8. The van der Waals surface area contributed by atoms with Gasteiger partial charge in [-0.1, -0.05) is 36.4 Å². The number of nitrogens with zero attached hydrogens (tertiary/aromatic N) is 2. The van der Waals surface area contributed by atoms with Crippen molar-refractivity contribution < 1.29 is 4.74 Å². The number of hydrogen-bond donors (Lipinski definition) is 1. The average Bonchev–Trinajstić information content (AvgIpc) is 3.23. The smallest absolute Gasteiger partial charge is 0.172 e. The monoisotopic (exact) mass is 361 g/mol. The first-order chi connectivity index (χ1) is 12.8. The van der Waals surface area contributed by atoms with Crippen LogP contribution < -0.4 is 10.1 Å². The van der Waals surface area contributed by atoms with Gasteiger partial charge in [-0.25, -0.2) is 9.97 Å². The maximum Gasteiger partial charge on any atom is 0.172 e. The van der Waals surface area contributed by atoms with Gasteiger partial charge in [-0.3, -0.25) is 0 Å². The summed E-state index contributed by atoms with van der Waals surface area (Å²) in [6.07, 6.45) is 0.858. The molecule has 4 nitrogen and oxygen atoms in total. The summed E-state index contributed by atoms with van der Waals surface area (Å²) in [7, 11) is 1.71. The Morgan fingerprint density at radius 2 is 1.81 bits per heavy atom. The van der Waals surface area contributed by atoms with Crippen molar-refractivity contribution in [2.24, 2.45) is 0 Å². The molecule has 0 bridgehead atoms. The van der Waals surface area contributed by atoms with Gasteiger partial charge in [-0.05, 0) is 41.6 Å². The van der Waals surface area contributed by atoms with Crippen molar-refractivity contribution in [2.45, 2.75) is 6.42 Å². The summed E-state index contributed by atoms with van der Waals surface area (Å²) in [4.78, 5) is 10.6. The van der Waals surface area contributed by atoms with E-state index in [4.69, 9.17) is 14.7 Å². The highest BCUT2D eigenvalue weighted by Crippen LogP contribution is 2.27. The number of thiophene rings is 1. The van der Waals surface area contributed by atoms with Crippen LogP contribution >= 0.6 is 11.3 Å². The Morgan fingerprint density at radius 3 is 2.65 bits per heavy atom. The van der Waals surface area contributed by atoms with Crippen LogP contribution in [-0.2, 0) is 6.42 Å². The number of fused-ring (bicyclic) bond motifs is 1. The molecule has 0 unspecified atom stereocenters. The molecular weight excluding hydrogens is 342 g/mol. The highest BCUT2D eigenvalue weighted by molar-refractivity contribution is 7.13. The Hall–Kier alpha value is -2.92. The van der Waals surface area contributed by atoms with Crippen molar-refractivity contribution in [2.75, 3.05) is 19.0 Å². The third-order valence-electron chi connectivity index (χ3n) is 4.22. The Morgan fingerprint density at radius 1 is 0.962 bits per heavy atom. The molecule has 0 aliphatic carbocycles. The number of ether oxygens (including phenoxy) is 1. The Labute approximate surface area is 156 Å². The van der Waals surface area contributed by atoms with Crippen LogP contribution in [0.4, 0.5) is 5.82 Å². The van der Waals surface area contributed by atoms with Gasteiger partial charge in [0.2, 0.25) is 0 Å². The van der Waals surface area contributed by atoms with E-state index in [1.54, 1.807) is 18.4 Å². The average molecular weight is 361 g/mol. The lowest BCUT2D eigenvalue weighted by Gasteiger charge is -2.12. The van der Waals surface area contributed by atoms with Crippen molar-refractivity contribution in [3.05, 3.63) is 71.6 Å². The second kappa shape index (κ2) is 7.54. The second-order valence-electron chi connectivity index (χ2n) is 5.88. The van der Waals surface area contributed by atoms with E-state index in [2.05, 4.69) is 17.4 Å². The predicted molar refractivity (Wildman–Crippen MR) is 108 cm³/mol. The fourth-order valence-corrected chi connectivity index (χ4v) is 3.61. The number of anilines is 1. The minimum atomic E-state index is 0.762. The molecular formula is C21H19N3OS. The van der Waals surface area contributed by atoms with Crippen LogP contribution in [0, 0.1) is 0 Å². The molecule has 2 aromatic heterocycles. The third-order valence-corrected chi connectivity index (χ3v) is 5.09. The summed E-state index contributed by atoms with van der Waals surface area (Å²) in [5.41, 5.74) is 2.13. The predicted octanol–water partition coefficient (Wildman–Crippen LogP) is 5.02. The van der Waals surface area contributed by atoms with Crippen LogP contribution in [0.2, 0.25) is 0 Å². The molecule has 0 aliphatic rings. The number of para-hydroxylation sites is 2. The Balaban J connectivity index is 1.61. The molecule has 0 saturated carbocycles. The van der Waals surface area contributed by atoms with E-state index in [0.717, 1.165) is 46.1 Å². The van der Waals surface area contributed by atoms with E-state index in [9.17, 15) is 0 Å². The summed E-state index contributed by atoms with van der Waals surface area (Å²) in [5.74, 6) is 2.55. The summed E-state index contributed by atoms with van der Waals surface area (Å²) < 4.78 is 5.43. The van der Waals surface area contributed by atoms with E-state index in [0.29, 0.717) is 0 Å². The van der Waals surface area contributed by atoms with Gasteiger partial charge in [0.1, 0.15) is 11.6 Å². The van der Waals surface area contributed by atoms with Gasteiger partial charge in [0.05, 0.1) is 17.5 Å². The van der Waals surface area contributed by atoms with Gasteiger partial charge in [0, 0.05) is 11.9 Å².